The molecule has 2 aromatic rings. The molecule has 0 spiro atoms. The predicted octanol–water partition coefficient (Wildman–Crippen LogP) is 4.85. The molecule has 0 saturated carbocycles. The van der Waals surface area contributed by atoms with Crippen molar-refractivity contribution in [2.45, 2.75) is 59.0 Å². The summed E-state index contributed by atoms with van der Waals surface area (Å²) in [6.45, 7) is 12.0. The average Bonchev–Trinajstić information content (AvgIpc) is 2.93. The summed E-state index contributed by atoms with van der Waals surface area (Å²) in [7, 11) is 0. The van der Waals surface area contributed by atoms with E-state index in [1.165, 1.54) is 21.0 Å². The molecule has 1 N–H and O–H groups in total. The summed E-state index contributed by atoms with van der Waals surface area (Å²) in [6, 6.07) is 9.22. The summed E-state index contributed by atoms with van der Waals surface area (Å²) in [4.78, 5) is 5.86. The minimum Gasteiger partial charge on any atom is -0.304 e. The van der Waals surface area contributed by atoms with Gasteiger partial charge in [-0.2, -0.15) is 0 Å². The molecule has 1 aromatic carbocycles. The van der Waals surface area contributed by atoms with Gasteiger partial charge < -0.3 is 5.32 Å². The van der Waals surface area contributed by atoms with Crippen molar-refractivity contribution in [3.8, 4) is 0 Å². The number of aromatic nitrogens is 1. The van der Waals surface area contributed by atoms with E-state index in [0.29, 0.717) is 6.04 Å². The van der Waals surface area contributed by atoms with Crippen LogP contribution in [0.2, 0.25) is 0 Å². The van der Waals surface area contributed by atoms with Gasteiger partial charge in [0, 0.05) is 17.6 Å². The van der Waals surface area contributed by atoms with Gasteiger partial charge in [-0.1, -0.05) is 52.0 Å². The van der Waals surface area contributed by atoms with Crippen LogP contribution in [-0.2, 0) is 18.4 Å². The third-order valence-corrected chi connectivity index (χ3v) is 5.05. The van der Waals surface area contributed by atoms with Crippen molar-refractivity contribution in [2.75, 3.05) is 0 Å². The van der Waals surface area contributed by atoms with Gasteiger partial charge in [-0.25, -0.2) is 4.98 Å². The van der Waals surface area contributed by atoms with Crippen LogP contribution in [0.3, 0.4) is 0 Å². The Labute approximate surface area is 132 Å². The summed E-state index contributed by atoms with van der Waals surface area (Å²) in [5.41, 5.74) is 2.92. The molecular weight excluding hydrogens is 276 g/mol. The Bertz CT molecular complexity index is 564. The molecule has 2 nitrogen and oxygen atoms in total. The molecule has 2 rings (SSSR count). The minimum absolute atomic E-state index is 0.219. The monoisotopic (exact) mass is 302 g/mol. The lowest BCUT2D eigenvalue weighted by Crippen LogP contribution is -2.18. The number of hydrogen-bond donors (Lipinski definition) is 1. The molecule has 1 aromatic heterocycles. The van der Waals surface area contributed by atoms with E-state index in [1.807, 2.05) is 17.5 Å². The van der Waals surface area contributed by atoms with Gasteiger partial charge in [0.05, 0.1) is 6.04 Å². The second-order valence-corrected chi connectivity index (χ2v) is 7.71. The van der Waals surface area contributed by atoms with Gasteiger partial charge >= 0.3 is 0 Å². The maximum atomic E-state index is 4.50. The molecule has 0 aliphatic carbocycles. The van der Waals surface area contributed by atoms with E-state index >= 15 is 0 Å². The highest BCUT2D eigenvalue weighted by Gasteiger charge is 2.13. The van der Waals surface area contributed by atoms with E-state index in [0.717, 1.165) is 13.0 Å². The summed E-state index contributed by atoms with van der Waals surface area (Å²) in [6.07, 6.45) is 3.06. The molecule has 0 saturated heterocycles. The van der Waals surface area contributed by atoms with Crippen LogP contribution >= 0.6 is 11.3 Å². The minimum atomic E-state index is 0.219. The number of rotatable bonds is 5. The van der Waals surface area contributed by atoms with Crippen molar-refractivity contribution in [3.05, 3.63) is 51.5 Å². The fourth-order valence-electron chi connectivity index (χ4n) is 2.17. The van der Waals surface area contributed by atoms with Gasteiger partial charge in [-0.15, -0.1) is 11.3 Å². The van der Waals surface area contributed by atoms with Crippen LogP contribution in [0.25, 0.3) is 0 Å². The Balaban J connectivity index is 1.93. The van der Waals surface area contributed by atoms with Gasteiger partial charge in [-0.05, 0) is 29.9 Å². The van der Waals surface area contributed by atoms with Gasteiger partial charge in [0.25, 0.3) is 0 Å². The van der Waals surface area contributed by atoms with E-state index in [-0.39, 0.29) is 5.41 Å². The van der Waals surface area contributed by atoms with Crippen molar-refractivity contribution >= 4 is 11.3 Å². The molecule has 1 heterocycles. The van der Waals surface area contributed by atoms with E-state index in [4.69, 9.17) is 0 Å². The molecule has 3 heteroatoms. The zero-order valence-electron chi connectivity index (χ0n) is 13.7. The van der Waals surface area contributed by atoms with Crippen LogP contribution in [-0.4, -0.2) is 4.98 Å². The van der Waals surface area contributed by atoms with Gasteiger partial charge in [0.1, 0.15) is 5.01 Å². The van der Waals surface area contributed by atoms with Gasteiger partial charge in [0.2, 0.25) is 0 Å². The molecule has 21 heavy (non-hydrogen) atoms. The molecule has 1 atom stereocenters. The molecule has 0 fully saturated rings. The Morgan fingerprint density at radius 2 is 1.86 bits per heavy atom. The molecule has 0 radical (unpaired) electrons. The lowest BCUT2D eigenvalue weighted by molar-refractivity contribution is 0.569. The fraction of sp³-hybridized carbons (Fsp3) is 0.500. The number of nitrogens with zero attached hydrogens (tertiary/aromatic N) is 1. The van der Waals surface area contributed by atoms with Crippen molar-refractivity contribution in [3.63, 3.8) is 0 Å². The molecule has 0 aliphatic heterocycles. The summed E-state index contributed by atoms with van der Waals surface area (Å²) in [5, 5.41) is 4.74. The molecule has 0 amide bonds. The standard InChI is InChI=1S/C18H26N2S/c1-6-16-12-20-17(21-16)13(2)19-11-14-7-9-15(10-8-14)18(3,4)5/h7-10,12-13,19H,6,11H2,1-5H3. The van der Waals surface area contributed by atoms with Crippen molar-refractivity contribution in [1.29, 1.82) is 0 Å². The fourth-order valence-corrected chi connectivity index (χ4v) is 3.05. The van der Waals surface area contributed by atoms with Crippen molar-refractivity contribution < 1.29 is 0 Å². The summed E-state index contributed by atoms with van der Waals surface area (Å²) in [5.74, 6) is 0. The smallest absolute Gasteiger partial charge is 0.109 e. The van der Waals surface area contributed by atoms with Crippen LogP contribution in [0, 0.1) is 0 Å². The van der Waals surface area contributed by atoms with Crippen LogP contribution < -0.4 is 5.32 Å². The summed E-state index contributed by atoms with van der Waals surface area (Å²) < 4.78 is 0. The van der Waals surface area contributed by atoms with Crippen LogP contribution in [0.1, 0.15) is 61.7 Å². The highest BCUT2D eigenvalue weighted by Crippen LogP contribution is 2.23. The first-order valence-corrected chi connectivity index (χ1v) is 8.49. The third kappa shape index (κ3) is 4.39. The van der Waals surface area contributed by atoms with Crippen molar-refractivity contribution in [2.24, 2.45) is 0 Å². The van der Waals surface area contributed by atoms with Crippen molar-refractivity contribution in [1.82, 2.24) is 10.3 Å². The topological polar surface area (TPSA) is 24.9 Å². The van der Waals surface area contributed by atoms with Gasteiger partial charge in [0.15, 0.2) is 0 Å². The Morgan fingerprint density at radius 3 is 2.38 bits per heavy atom. The SMILES string of the molecule is CCc1cnc(C(C)NCc2ccc(C(C)(C)C)cc2)s1. The molecular formula is C18H26N2S. The maximum Gasteiger partial charge on any atom is 0.109 e. The van der Waals surface area contributed by atoms with Gasteiger partial charge in [-0.3, -0.25) is 0 Å². The number of nitrogens with one attached hydrogen (secondary N) is 1. The maximum absolute atomic E-state index is 4.50. The molecule has 114 valence electrons. The first-order chi connectivity index (χ1) is 9.90. The second kappa shape index (κ2) is 6.71. The van der Waals surface area contributed by atoms with E-state index in [9.17, 15) is 0 Å². The third-order valence-electron chi connectivity index (χ3n) is 3.72. The number of hydrogen-bond acceptors (Lipinski definition) is 3. The highest BCUT2D eigenvalue weighted by atomic mass is 32.1. The lowest BCUT2D eigenvalue weighted by atomic mass is 9.87. The van der Waals surface area contributed by atoms with E-state index in [2.05, 4.69) is 69.2 Å². The zero-order valence-corrected chi connectivity index (χ0v) is 14.6. The molecule has 1 unspecified atom stereocenters. The molecule has 0 bridgehead atoms. The largest absolute Gasteiger partial charge is 0.304 e. The number of thiazole rings is 1. The first kappa shape index (κ1) is 16.2. The number of benzene rings is 1. The van der Waals surface area contributed by atoms with Crippen LogP contribution in [0.4, 0.5) is 0 Å². The average molecular weight is 302 g/mol. The normalized spacial score (nSPS) is 13.4. The van der Waals surface area contributed by atoms with E-state index in [1.54, 1.807) is 0 Å². The highest BCUT2D eigenvalue weighted by molar-refractivity contribution is 7.11. The summed E-state index contributed by atoms with van der Waals surface area (Å²) >= 11 is 1.81. The van der Waals surface area contributed by atoms with Crippen LogP contribution in [0.15, 0.2) is 30.5 Å². The Kier molecular flexibility index (Phi) is 5.17. The van der Waals surface area contributed by atoms with E-state index < -0.39 is 0 Å². The predicted molar refractivity (Wildman–Crippen MR) is 91.9 cm³/mol. The first-order valence-electron chi connectivity index (χ1n) is 7.67. The Morgan fingerprint density at radius 1 is 1.19 bits per heavy atom. The number of aryl methyl sites for hydroxylation is 1. The second-order valence-electron chi connectivity index (χ2n) is 6.57. The lowest BCUT2D eigenvalue weighted by Gasteiger charge is -2.19. The zero-order chi connectivity index (χ0) is 15.5. The molecule has 0 aliphatic rings. The Hall–Kier alpha value is -1.19. The van der Waals surface area contributed by atoms with Crippen LogP contribution in [0.5, 0.6) is 0 Å². The quantitative estimate of drug-likeness (QED) is 0.853.